The molecule has 1 N–H and O–H groups in total. The number of rotatable bonds is 4. The predicted molar refractivity (Wildman–Crippen MR) is 94.6 cm³/mol. The van der Waals surface area contributed by atoms with Crippen molar-refractivity contribution < 1.29 is 13.9 Å². The Kier molecular flexibility index (Phi) is 4.18. The van der Waals surface area contributed by atoms with Crippen LogP contribution in [0, 0.1) is 5.82 Å². The minimum absolute atomic E-state index is 0.261. The van der Waals surface area contributed by atoms with Crippen LogP contribution in [0.15, 0.2) is 55.1 Å². The number of nitrogens with one attached hydrogen (secondary N) is 1. The highest BCUT2D eigenvalue weighted by molar-refractivity contribution is 6.02. The van der Waals surface area contributed by atoms with Gasteiger partial charge in [0.1, 0.15) is 24.1 Å². The Morgan fingerprint density at radius 1 is 1.27 bits per heavy atom. The molecule has 0 fully saturated rings. The van der Waals surface area contributed by atoms with Crippen LogP contribution in [-0.2, 0) is 11.2 Å². The average Bonchev–Trinajstić information content (AvgIpc) is 3.31. The Bertz CT molecular complexity index is 983. The molecule has 0 aliphatic carbocycles. The molecule has 0 saturated carbocycles. The third-order valence-corrected chi connectivity index (χ3v) is 4.02. The van der Waals surface area contributed by atoms with E-state index in [4.69, 9.17) is 4.74 Å². The fourth-order valence-corrected chi connectivity index (χ4v) is 2.77. The molecule has 0 bridgehead atoms. The standard InChI is InChI=1S/C19H15FN4O2/c20-16-10-15(3-4-17(16)24-12-21-11-22-24)23-19(25)6-2-13-1-5-18-14(9-13)7-8-26-18/h1-6,9-12H,7-8H2,(H,23,25)/b6-2+. The molecule has 6 nitrogen and oxygen atoms in total. The van der Waals surface area contributed by atoms with E-state index in [1.54, 1.807) is 12.1 Å². The summed E-state index contributed by atoms with van der Waals surface area (Å²) >= 11 is 0. The predicted octanol–water partition coefficient (Wildman–Crippen LogP) is 2.99. The number of benzene rings is 2. The summed E-state index contributed by atoms with van der Waals surface area (Å²) in [6.45, 7) is 0.694. The fourth-order valence-electron chi connectivity index (χ4n) is 2.77. The summed E-state index contributed by atoms with van der Waals surface area (Å²) in [5.74, 6) is 0.0557. The van der Waals surface area contributed by atoms with Crippen LogP contribution in [0.2, 0.25) is 0 Å². The molecule has 1 aliphatic heterocycles. The summed E-state index contributed by atoms with van der Waals surface area (Å²) < 4.78 is 20.9. The van der Waals surface area contributed by atoms with Crippen LogP contribution in [0.25, 0.3) is 11.8 Å². The molecule has 7 heteroatoms. The van der Waals surface area contributed by atoms with Crippen LogP contribution in [0.1, 0.15) is 11.1 Å². The molecule has 3 aromatic rings. The van der Waals surface area contributed by atoms with Gasteiger partial charge >= 0.3 is 0 Å². The zero-order valence-corrected chi connectivity index (χ0v) is 13.7. The monoisotopic (exact) mass is 350 g/mol. The Morgan fingerprint density at radius 2 is 2.19 bits per heavy atom. The first-order valence-corrected chi connectivity index (χ1v) is 8.08. The van der Waals surface area contributed by atoms with Crippen molar-refractivity contribution >= 4 is 17.7 Å². The highest BCUT2D eigenvalue weighted by atomic mass is 19.1. The third-order valence-electron chi connectivity index (χ3n) is 4.02. The van der Waals surface area contributed by atoms with Crippen molar-refractivity contribution in [2.24, 2.45) is 0 Å². The number of aromatic nitrogens is 3. The molecule has 0 spiro atoms. The molecule has 2 aromatic carbocycles. The van der Waals surface area contributed by atoms with Crippen molar-refractivity contribution in [1.82, 2.24) is 14.8 Å². The fraction of sp³-hybridized carbons (Fsp3) is 0.105. The van der Waals surface area contributed by atoms with Gasteiger partial charge in [-0.3, -0.25) is 4.79 Å². The molecule has 130 valence electrons. The Labute approximate surface area is 148 Å². The maximum atomic E-state index is 14.2. The topological polar surface area (TPSA) is 69.0 Å². The number of anilines is 1. The molecule has 2 heterocycles. The lowest BCUT2D eigenvalue weighted by Gasteiger charge is -2.06. The smallest absolute Gasteiger partial charge is 0.248 e. The lowest BCUT2D eigenvalue weighted by Crippen LogP contribution is -2.08. The van der Waals surface area contributed by atoms with Gasteiger partial charge in [-0.2, -0.15) is 5.10 Å². The van der Waals surface area contributed by atoms with E-state index < -0.39 is 5.82 Å². The first-order valence-electron chi connectivity index (χ1n) is 8.08. The second kappa shape index (κ2) is 6.79. The first-order chi connectivity index (χ1) is 12.7. The quantitative estimate of drug-likeness (QED) is 0.735. The zero-order chi connectivity index (χ0) is 17.9. The van der Waals surface area contributed by atoms with E-state index in [0.29, 0.717) is 12.3 Å². The summed E-state index contributed by atoms with van der Waals surface area (Å²) in [7, 11) is 0. The minimum Gasteiger partial charge on any atom is -0.493 e. The minimum atomic E-state index is -0.504. The van der Waals surface area contributed by atoms with Crippen LogP contribution in [0.4, 0.5) is 10.1 Å². The van der Waals surface area contributed by atoms with Gasteiger partial charge in [0, 0.05) is 18.2 Å². The second-order valence-corrected chi connectivity index (χ2v) is 5.79. The molecule has 1 aromatic heterocycles. The van der Waals surface area contributed by atoms with E-state index in [-0.39, 0.29) is 11.6 Å². The maximum Gasteiger partial charge on any atom is 0.248 e. The van der Waals surface area contributed by atoms with Gasteiger partial charge in [-0.25, -0.2) is 14.1 Å². The molecule has 4 rings (SSSR count). The van der Waals surface area contributed by atoms with E-state index in [9.17, 15) is 9.18 Å². The molecule has 0 atom stereocenters. The van der Waals surface area contributed by atoms with E-state index in [1.165, 1.54) is 35.5 Å². The maximum absolute atomic E-state index is 14.2. The number of halogens is 1. The Morgan fingerprint density at radius 3 is 3.00 bits per heavy atom. The molecule has 1 aliphatic rings. The van der Waals surface area contributed by atoms with E-state index in [1.807, 2.05) is 18.2 Å². The van der Waals surface area contributed by atoms with Gasteiger partial charge in [-0.05, 0) is 47.5 Å². The third kappa shape index (κ3) is 3.32. The Balaban J connectivity index is 1.44. The number of nitrogens with zero attached hydrogens (tertiary/aromatic N) is 3. The van der Waals surface area contributed by atoms with Crippen molar-refractivity contribution in [3.63, 3.8) is 0 Å². The number of carbonyl (C=O) groups excluding carboxylic acids is 1. The number of hydrogen-bond acceptors (Lipinski definition) is 4. The SMILES string of the molecule is O=C(/C=C/c1ccc2c(c1)CCO2)Nc1ccc(-n2cncn2)c(F)c1. The molecule has 0 radical (unpaired) electrons. The Hall–Kier alpha value is -3.48. The van der Waals surface area contributed by atoms with Crippen molar-refractivity contribution in [3.05, 3.63) is 72.1 Å². The highest BCUT2D eigenvalue weighted by Gasteiger charge is 2.11. The zero-order valence-electron chi connectivity index (χ0n) is 13.7. The lowest BCUT2D eigenvalue weighted by molar-refractivity contribution is -0.111. The van der Waals surface area contributed by atoms with Gasteiger partial charge in [0.15, 0.2) is 5.82 Å². The van der Waals surface area contributed by atoms with Gasteiger partial charge in [-0.1, -0.05) is 6.07 Å². The van der Waals surface area contributed by atoms with Crippen LogP contribution in [-0.4, -0.2) is 27.3 Å². The number of carbonyl (C=O) groups is 1. The summed E-state index contributed by atoms with van der Waals surface area (Å²) in [5.41, 5.74) is 2.68. The van der Waals surface area contributed by atoms with E-state index in [0.717, 1.165) is 23.3 Å². The first kappa shape index (κ1) is 16.0. The molecular weight excluding hydrogens is 335 g/mol. The van der Waals surface area contributed by atoms with Crippen molar-refractivity contribution in [3.8, 4) is 11.4 Å². The second-order valence-electron chi connectivity index (χ2n) is 5.79. The summed E-state index contributed by atoms with van der Waals surface area (Å²) in [4.78, 5) is 15.9. The van der Waals surface area contributed by atoms with E-state index >= 15 is 0 Å². The van der Waals surface area contributed by atoms with Crippen LogP contribution < -0.4 is 10.1 Å². The van der Waals surface area contributed by atoms with E-state index in [2.05, 4.69) is 15.4 Å². The van der Waals surface area contributed by atoms with Crippen molar-refractivity contribution in [2.75, 3.05) is 11.9 Å². The number of fused-ring (bicyclic) bond motifs is 1. The summed E-state index contributed by atoms with van der Waals surface area (Å²) in [6.07, 6.45) is 6.74. The molecular formula is C19H15FN4O2. The lowest BCUT2D eigenvalue weighted by atomic mass is 10.1. The van der Waals surface area contributed by atoms with Crippen molar-refractivity contribution in [2.45, 2.75) is 6.42 Å². The molecule has 0 unspecified atom stereocenters. The molecule has 0 saturated heterocycles. The number of amides is 1. The number of hydrogen-bond donors (Lipinski definition) is 1. The van der Waals surface area contributed by atoms with Crippen LogP contribution in [0.3, 0.4) is 0 Å². The van der Waals surface area contributed by atoms with Crippen molar-refractivity contribution in [1.29, 1.82) is 0 Å². The average molecular weight is 350 g/mol. The van der Waals surface area contributed by atoms with Gasteiger partial charge in [0.05, 0.1) is 6.61 Å². The summed E-state index contributed by atoms with van der Waals surface area (Å²) in [6, 6.07) is 10.2. The van der Waals surface area contributed by atoms with Gasteiger partial charge in [0.2, 0.25) is 5.91 Å². The number of ether oxygens (including phenoxy) is 1. The molecule has 26 heavy (non-hydrogen) atoms. The van der Waals surface area contributed by atoms with Crippen LogP contribution in [0.5, 0.6) is 5.75 Å². The highest BCUT2D eigenvalue weighted by Crippen LogP contribution is 2.26. The van der Waals surface area contributed by atoms with Gasteiger partial charge in [0.25, 0.3) is 0 Å². The van der Waals surface area contributed by atoms with Crippen LogP contribution >= 0.6 is 0 Å². The largest absolute Gasteiger partial charge is 0.493 e. The molecule has 1 amide bonds. The summed E-state index contributed by atoms with van der Waals surface area (Å²) in [5, 5.41) is 6.53. The normalized spacial score (nSPS) is 12.8. The van der Waals surface area contributed by atoms with Gasteiger partial charge in [-0.15, -0.1) is 0 Å². The van der Waals surface area contributed by atoms with Gasteiger partial charge < -0.3 is 10.1 Å².